The summed E-state index contributed by atoms with van der Waals surface area (Å²) in [7, 11) is 3.96. The van der Waals surface area contributed by atoms with E-state index in [-0.39, 0.29) is 0 Å². The molecule has 0 saturated carbocycles. The molecule has 0 atom stereocenters. The van der Waals surface area contributed by atoms with Gasteiger partial charge < -0.3 is 24.8 Å². The topological polar surface area (TPSA) is 72.6 Å². The molecule has 3 aromatic rings. The number of pyridine rings is 1. The number of piperidine rings is 1. The Kier molecular flexibility index (Phi) is 7.87. The molecule has 2 saturated heterocycles. The molecule has 5 rings (SSSR count). The molecule has 8 nitrogen and oxygen atoms in total. The third-order valence-electron chi connectivity index (χ3n) is 7.25. The monoisotopic (exact) mass is 541 g/mol. The SMILES string of the molecule is COCCN1CCCN(c2ccc(-c3nc4ncc(Br)c(NC5CCN(C)CC5)c4[nH]3)cc2)CC1. The summed E-state index contributed by atoms with van der Waals surface area (Å²) in [5.41, 5.74) is 5.10. The number of hydrogen-bond acceptors (Lipinski definition) is 7. The Bertz CT molecular complexity index is 1110. The van der Waals surface area contributed by atoms with Crippen molar-refractivity contribution in [3.63, 3.8) is 0 Å². The van der Waals surface area contributed by atoms with Gasteiger partial charge in [0.15, 0.2) is 5.65 Å². The first-order chi connectivity index (χ1) is 17.1. The Balaban J connectivity index is 1.31. The van der Waals surface area contributed by atoms with Crippen LogP contribution in [0.1, 0.15) is 19.3 Å². The van der Waals surface area contributed by atoms with E-state index >= 15 is 0 Å². The Morgan fingerprint density at radius 1 is 1.09 bits per heavy atom. The molecular weight excluding hydrogens is 506 g/mol. The maximum atomic E-state index is 5.25. The van der Waals surface area contributed by atoms with Crippen LogP contribution in [0.15, 0.2) is 34.9 Å². The van der Waals surface area contributed by atoms with Gasteiger partial charge in [0, 0.05) is 56.8 Å². The van der Waals surface area contributed by atoms with Crippen LogP contribution in [0.5, 0.6) is 0 Å². The van der Waals surface area contributed by atoms with Crippen LogP contribution in [0.2, 0.25) is 0 Å². The minimum absolute atomic E-state index is 0.457. The molecule has 35 heavy (non-hydrogen) atoms. The second-order valence-corrected chi connectivity index (χ2v) is 10.6. The number of nitrogens with zero attached hydrogens (tertiary/aromatic N) is 5. The molecule has 2 fully saturated rings. The van der Waals surface area contributed by atoms with E-state index in [2.05, 4.69) is 77.2 Å². The molecule has 0 amide bonds. The van der Waals surface area contributed by atoms with Crippen molar-refractivity contribution in [2.24, 2.45) is 0 Å². The predicted molar refractivity (Wildman–Crippen MR) is 146 cm³/mol. The zero-order chi connectivity index (χ0) is 24.2. The van der Waals surface area contributed by atoms with Crippen LogP contribution in [0.3, 0.4) is 0 Å². The zero-order valence-electron chi connectivity index (χ0n) is 20.8. The van der Waals surface area contributed by atoms with E-state index in [4.69, 9.17) is 9.72 Å². The third kappa shape index (κ3) is 5.80. The van der Waals surface area contributed by atoms with Gasteiger partial charge >= 0.3 is 0 Å². The van der Waals surface area contributed by atoms with Crippen molar-refractivity contribution >= 4 is 38.5 Å². The van der Waals surface area contributed by atoms with Gasteiger partial charge in [-0.1, -0.05) is 0 Å². The number of methoxy groups -OCH3 is 1. The van der Waals surface area contributed by atoms with E-state index in [1.165, 1.54) is 12.1 Å². The van der Waals surface area contributed by atoms with Crippen LogP contribution in [0.25, 0.3) is 22.6 Å². The van der Waals surface area contributed by atoms with Crippen LogP contribution in [0.4, 0.5) is 11.4 Å². The number of H-pyrrole nitrogens is 1. The fourth-order valence-corrected chi connectivity index (χ4v) is 5.49. The van der Waals surface area contributed by atoms with Crippen LogP contribution >= 0.6 is 15.9 Å². The highest BCUT2D eigenvalue weighted by Crippen LogP contribution is 2.32. The Labute approximate surface area is 216 Å². The molecule has 1 aromatic carbocycles. The molecule has 0 spiro atoms. The van der Waals surface area contributed by atoms with Gasteiger partial charge in [0.2, 0.25) is 0 Å². The van der Waals surface area contributed by atoms with Crippen LogP contribution < -0.4 is 10.2 Å². The van der Waals surface area contributed by atoms with Gasteiger partial charge in [-0.2, -0.15) is 0 Å². The number of anilines is 2. The van der Waals surface area contributed by atoms with Gasteiger partial charge in [0.05, 0.1) is 16.8 Å². The first-order valence-electron chi connectivity index (χ1n) is 12.7. The van der Waals surface area contributed by atoms with E-state index in [9.17, 15) is 0 Å². The van der Waals surface area contributed by atoms with Gasteiger partial charge in [-0.3, -0.25) is 4.90 Å². The highest BCUT2D eigenvalue weighted by molar-refractivity contribution is 9.10. The number of ether oxygens (including phenoxy) is 1. The summed E-state index contributed by atoms with van der Waals surface area (Å²) < 4.78 is 6.22. The molecule has 2 N–H and O–H groups in total. The molecule has 9 heteroatoms. The summed E-state index contributed by atoms with van der Waals surface area (Å²) in [6.07, 6.45) is 5.29. The van der Waals surface area contributed by atoms with Gasteiger partial charge in [-0.15, -0.1) is 0 Å². The lowest BCUT2D eigenvalue weighted by Crippen LogP contribution is -2.36. The second-order valence-electron chi connectivity index (χ2n) is 9.71. The average Bonchev–Trinajstić information content (AvgIpc) is 3.17. The summed E-state index contributed by atoms with van der Waals surface area (Å²) in [4.78, 5) is 20.3. The van der Waals surface area contributed by atoms with Gasteiger partial charge in [0.1, 0.15) is 11.3 Å². The largest absolute Gasteiger partial charge is 0.383 e. The number of aromatic amines is 1. The Morgan fingerprint density at radius 3 is 2.66 bits per heavy atom. The fraction of sp³-hybridized carbons (Fsp3) is 0.538. The van der Waals surface area contributed by atoms with Crippen molar-refractivity contribution < 1.29 is 4.74 Å². The number of fused-ring (bicyclic) bond motifs is 1. The number of imidazole rings is 1. The van der Waals surface area contributed by atoms with Crippen molar-refractivity contribution in [2.75, 3.05) is 76.8 Å². The van der Waals surface area contributed by atoms with Crippen LogP contribution in [0, 0.1) is 0 Å². The summed E-state index contributed by atoms with van der Waals surface area (Å²) in [5, 5.41) is 3.75. The minimum Gasteiger partial charge on any atom is -0.383 e. The van der Waals surface area contributed by atoms with Crippen molar-refractivity contribution in [3.05, 3.63) is 34.9 Å². The number of benzene rings is 1. The number of rotatable bonds is 7. The highest BCUT2D eigenvalue weighted by atomic mass is 79.9. The normalized spacial score (nSPS) is 18.8. The number of halogens is 1. The average molecular weight is 543 g/mol. The van der Waals surface area contributed by atoms with E-state index in [0.29, 0.717) is 6.04 Å². The first-order valence-corrected chi connectivity index (χ1v) is 13.5. The van der Waals surface area contributed by atoms with Gasteiger partial charge in [-0.05, 0) is 86.1 Å². The fourth-order valence-electron chi connectivity index (χ4n) is 5.07. The molecule has 2 aliphatic heterocycles. The van der Waals surface area contributed by atoms with E-state index in [1.54, 1.807) is 7.11 Å². The highest BCUT2D eigenvalue weighted by Gasteiger charge is 2.20. The molecule has 188 valence electrons. The number of likely N-dealkylation sites (tertiary alicyclic amines) is 1. The van der Waals surface area contributed by atoms with Crippen LogP contribution in [-0.4, -0.2) is 97.4 Å². The molecular formula is C26H36BrN7O. The van der Waals surface area contributed by atoms with E-state index < -0.39 is 0 Å². The van der Waals surface area contributed by atoms with Crippen molar-refractivity contribution in [1.29, 1.82) is 0 Å². The molecule has 0 radical (unpaired) electrons. The maximum Gasteiger partial charge on any atom is 0.180 e. The minimum atomic E-state index is 0.457. The number of aromatic nitrogens is 3. The molecule has 2 aliphatic rings. The van der Waals surface area contributed by atoms with E-state index in [0.717, 1.165) is 98.0 Å². The standard InChI is InChI=1S/C26H36BrN7O/c1-32-12-8-20(9-13-32)29-23-22(27)18-28-26-24(23)30-25(31-26)19-4-6-21(7-5-19)34-11-3-10-33(14-15-34)16-17-35-2/h4-7,18,20H,3,8-17H2,1-2H3,(H2,28,29,30,31). The number of hydrogen-bond donors (Lipinski definition) is 2. The van der Waals surface area contributed by atoms with Crippen molar-refractivity contribution in [1.82, 2.24) is 24.8 Å². The lowest BCUT2D eigenvalue weighted by molar-refractivity contribution is 0.152. The van der Waals surface area contributed by atoms with Crippen LogP contribution in [-0.2, 0) is 4.74 Å². The summed E-state index contributed by atoms with van der Waals surface area (Å²) in [6, 6.07) is 9.22. The Morgan fingerprint density at radius 2 is 1.89 bits per heavy atom. The maximum absolute atomic E-state index is 5.25. The predicted octanol–water partition coefficient (Wildman–Crippen LogP) is 4.05. The zero-order valence-corrected chi connectivity index (χ0v) is 22.4. The Hall–Kier alpha value is -2.20. The smallest absolute Gasteiger partial charge is 0.180 e. The second kappa shape index (κ2) is 11.2. The first kappa shape index (κ1) is 24.5. The number of nitrogens with one attached hydrogen (secondary N) is 2. The van der Waals surface area contributed by atoms with Gasteiger partial charge in [0.25, 0.3) is 0 Å². The van der Waals surface area contributed by atoms with Gasteiger partial charge in [-0.25, -0.2) is 9.97 Å². The molecule has 0 unspecified atom stereocenters. The lowest BCUT2D eigenvalue weighted by atomic mass is 10.1. The third-order valence-corrected chi connectivity index (χ3v) is 7.85. The summed E-state index contributed by atoms with van der Waals surface area (Å²) in [5.74, 6) is 0.852. The molecule has 2 aromatic heterocycles. The van der Waals surface area contributed by atoms with E-state index in [1.807, 2.05) is 6.20 Å². The molecule has 0 aliphatic carbocycles. The molecule has 0 bridgehead atoms. The van der Waals surface area contributed by atoms with Crippen molar-refractivity contribution in [3.8, 4) is 11.4 Å². The lowest BCUT2D eigenvalue weighted by Gasteiger charge is -2.30. The quantitative estimate of drug-likeness (QED) is 0.467. The summed E-state index contributed by atoms with van der Waals surface area (Å²) in [6.45, 7) is 8.37. The summed E-state index contributed by atoms with van der Waals surface area (Å²) >= 11 is 3.70. The molecule has 4 heterocycles. The van der Waals surface area contributed by atoms with Crippen molar-refractivity contribution in [2.45, 2.75) is 25.3 Å².